The monoisotopic (exact) mass is 585 g/mol. The maximum atomic E-state index is 4.69. The van der Waals surface area contributed by atoms with E-state index in [-0.39, 0.29) is 0 Å². The van der Waals surface area contributed by atoms with E-state index >= 15 is 0 Å². The molecule has 0 bridgehead atoms. The highest BCUT2D eigenvalue weighted by molar-refractivity contribution is 6.27. The molecule has 0 radical (unpaired) electrons. The van der Waals surface area contributed by atoms with E-state index < -0.39 is 0 Å². The van der Waals surface area contributed by atoms with Crippen LogP contribution in [0.2, 0.25) is 0 Å². The molecule has 0 amide bonds. The molecule has 0 saturated heterocycles. The molecule has 3 heteroatoms. The van der Waals surface area contributed by atoms with Crippen LogP contribution in [0.1, 0.15) is 0 Å². The minimum atomic E-state index is 0.943. The molecule has 9 rings (SSSR count). The van der Waals surface area contributed by atoms with Crippen molar-refractivity contribution in [1.29, 1.82) is 0 Å². The molecule has 0 atom stereocenters. The molecule has 0 aliphatic heterocycles. The molecule has 3 aromatic heterocycles. The SMILES string of the molecule is c1ccc(-c2cc(-c3ccccn3)cc(-c3ccc4ccc5ccc(-c6ccc(-c7cccnc7)cc6)c6ccc3c4c56)c2)nc1. The number of aromatic nitrogens is 3. The van der Waals surface area contributed by atoms with Crippen molar-refractivity contribution in [3.05, 3.63) is 164 Å². The molecule has 3 heterocycles. The van der Waals surface area contributed by atoms with Gasteiger partial charge in [0, 0.05) is 35.9 Å². The first kappa shape index (κ1) is 26.2. The van der Waals surface area contributed by atoms with E-state index in [1.54, 1.807) is 0 Å². The molecule has 0 aliphatic carbocycles. The van der Waals surface area contributed by atoms with Gasteiger partial charge in [0.15, 0.2) is 0 Å². The Bertz CT molecular complexity index is 2430. The van der Waals surface area contributed by atoms with Crippen LogP contribution in [0.25, 0.3) is 88.2 Å². The summed E-state index contributed by atoms with van der Waals surface area (Å²) >= 11 is 0. The van der Waals surface area contributed by atoms with Gasteiger partial charge in [-0.3, -0.25) is 15.0 Å². The first-order valence-corrected chi connectivity index (χ1v) is 15.5. The minimum Gasteiger partial charge on any atom is -0.264 e. The van der Waals surface area contributed by atoms with E-state index in [1.807, 2.05) is 55.1 Å². The maximum Gasteiger partial charge on any atom is 0.0702 e. The molecular weight excluding hydrogens is 558 g/mol. The van der Waals surface area contributed by atoms with E-state index in [9.17, 15) is 0 Å². The van der Waals surface area contributed by atoms with Crippen molar-refractivity contribution in [3.63, 3.8) is 0 Å². The van der Waals surface area contributed by atoms with Crippen molar-refractivity contribution >= 4 is 32.3 Å². The number of nitrogens with zero attached hydrogens (tertiary/aromatic N) is 3. The molecule has 0 spiro atoms. The Morgan fingerprint density at radius 3 is 1.43 bits per heavy atom. The van der Waals surface area contributed by atoms with Crippen molar-refractivity contribution in [2.45, 2.75) is 0 Å². The fraction of sp³-hybridized carbons (Fsp3) is 0. The Labute approximate surface area is 266 Å². The summed E-state index contributed by atoms with van der Waals surface area (Å²) < 4.78 is 0. The van der Waals surface area contributed by atoms with Crippen LogP contribution in [0, 0.1) is 0 Å². The first-order chi connectivity index (χ1) is 22.8. The Kier molecular flexibility index (Phi) is 6.14. The molecule has 214 valence electrons. The summed E-state index contributed by atoms with van der Waals surface area (Å²) in [5.74, 6) is 0. The Balaban J connectivity index is 1.24. The van der Waals surface area contributed by atoms with Gasteiger partial charge in [0.1, 0.15) is 0 Å². The van der Waals surface area contributed by atoms with Gasteiger partial charge in [0.2, 0.25) is 0 Å². The lowest BCUT2D eigenvalue weighted by Gasteiger charge is -2.17. The highest BCUT2D eigenvalue weighted by atomic mass is 14.7. The number of rotatable bonds is 5. The number of pyridine rings is 3. The van der Waals surface area contributed by atoms with Crippen LogP contribution in [0.4, 0.5) is 0 Å². The van der Waals surface area contributed by atoms with Crippen LogP contribution in [0.15, 0.2) is 164 Å². The van der Waals surface area contributed by atoms with Crippen LogP contribution in [-0.2, 0) is 0 Å². The van der Waals surface area contributed by atoms with Gasteiger partial charge in [-0.2, -0.15) is 0 Å². The average molecular weight is 586 g/mol. The number of hydrogen-bond donors (Lipinski definition) is 0. The third-order valence-electron chi connectivity index (χ3n) is 9.02. The Hall–Kier alpha value is -6.19. The largest absolute Gasteiger partial charge is 0.264 e. The summed E-state index contributed by atoms with van der Waals surface area (Å²) in [5.41, 5.74) is 11.1. The van der Waals surface area contributed by atoms with Crippen LogP contribution in [0.5, 0.6) is 0 Å². The van der Waals surface area contributed by atoms with Crippen molar-refractivity contribution in [3.8, 4) is 55.9 Å². The van der Waals surface area contributed by atoms with Crippen molar-refractivity contribution < 1.29 is 0 Å². The summed E-state index contributed by atoms with van der Waals surface area (Å²) in [6, 6.07) is 49.9. The number of hydrogen-bond acceptors (Lipinski definition) is 3. The van der Waals surface area contributed by atoms with E-state index in [0.717, 1.165) is 39.2 Å². The van der Waals surface area contributed by atoms with Gasteiger partial charge in [-0.05, 0) is 114 Å². The lowest BCUT2D eigenvalue weighted by atomic mass is 9.86. The lowest BCUT2D eigenvalue weighted by molar-refractivity contribution is 1.31. The normalized spacial score (nSPS) is 11.5. The summed E-state index contributed by atoms with van der Waals surface area (Å²) in [4.78, 5) is 13.7. The third-order valence-corrected chi connectivity index (χ3v) is 9.02. The van der Waals surface area contributed by atoms with Gasteiger partial charge in [-0.15, -0.1) is 0 Å². The number of benzene rings is 6. The average Bonchev–Trinajstić information content (AvgIpc) is 3.14. The van der Waals surface area contributed by atoms with Crippen molar-refractivity contribution in [2.75, 3.05) is 0 Å². The molecule has 0 saturated carbocycles. The van der Waals surface area contributed by atoms with Crippen LogP contribution in [-0.4, -0.2) is 15.0 Å². The Morgan fingerprint density at radius 2 is 0.891 bits per heavy atom. The molecule has 0 fully saturated rings. The zero-order chi connectivity index (χ0) is 30.5. The molecule has 46 heavy (non-hydrogen) atoms. The molecule has 0 aliphatic rings. The Morgan fingerprint density at radius 1 is 0.348 bits per heavy atom. The second-order valence-electron chi connectivity index (χ2n) is 11.7. The van der Waals surface area contributed by atoms with E-state index in [4.69, 9.17) is 0 Å². The van der Waals surface area contributed by atoms with Crippen molar-refractivity contribution in [2.24, 2.45) is 0 Å². The fourth-order valence-electron chi connectivity index (χ4n) is 6.83. The topological polar surface area (TPSA) is 38.7 Å². The van der Waals surface area contributed by atoms with Crippen LogP contribution >= 0.6 is 0 Å². The first-order valence-electron chi connectivity index (χ1n) is 15.5. The second kappa shape index (κ2) is 10.8. The van der Waals surface area contributed by atoms with Crippen molar-refractivity contribution in [1.82, 2.24) is 15.0 Å². The summed E-state index contributed by atoms with van der Waals surface area (Å²) in [5, 5.41) is 7.59. The molecule has 9 aromatic rings. The second-order valence-corrected chi connectivity index (χ2v) is 11.7. The van der Waals surface area contributed by atoms with Gasteiger partial charge < -0.3 is 0 Å². The van der Waals surface area contributed by atoms with Gasteiger partial charge in [-0.1, -0.05) is 91.0 Å². The third kappa shape index (κ3) is 4.41. The molecule has 0 unspecified atom stereocenters. The van der Waals surface area contributed by atoms with E-state index in [0.29, 0.717) is 0 Å². The molecule has 3 nitrogen and oxygen atoms in total. The van der Waals surface area contributed by atoms with Crippen LogP contribution in [0.3, 0.4) is 0 Å². The summed E-state index contributed by atoms with van der Waals surface area (Å²) in [6.45, 7) is 0. The molecule has 6 aromatic carbocycles. The highest BCUT2D eigenvalue weighted by Gasteiger charge is 2.16. The zero-order valence-corrected chi connectivity index (χ0v) is 24.9. The molecular formula is C43H27N3. The quantitative estimate of drug-likeness (QED) is 0.189. The van der Waals surface area contributed by atoms with Gasteiger partial charge >= 0.3 is 0 Å². The van der Waals surface area contributed by atoms with Crippen LogP contribution < -0.4 is 0 Å². The van der Waals surface area contributed by atoms with Gasteiger partial charge in [0.25, 0.3) is 0 Å². The summed E-state index contributed by atoms with van der Waals surface area (Å²) in [7, 11) is 0. The maximum absolute atomic E-state index is 4.69. The predicted octanol–water partition coefficient (Wildman–Crippen LogP) is 11.1. The summed E-state index contributed by atoms with van der Waals surface area (Å²) in [6.07, 6.45) is 7.42. The van der Waals surface area contributed by atoms with E-state index in [2.05, 4.69) is 124 Å². The molecule has 0 N–H and O–H groups in total. The lowest BCUT2D eigenvalue weighted by Crippen LogP contribution is -1.92. The fourth-order valence-corrected chi connectivity index (χ4v) is 6.83. The standard InChI is InChI=1S/C43H27N3/c1-3-22-45-40(7-1)34-24-33(25-35(26-34)41-8-2-4-23-46-41)37-18-16-31-14-13-30-15-17-36(38-19-20-39(37)43(31)42(30)38)29-11-9-28(10-12-29)32-6-5-21-44-27-32/h1-27H. The van der Waals surface area contributed by atoms with Gasteiger partial charge in [-0.25, -0.2) is 0 Å². The zero-order valence-electron chi connectivity index (χ0n) is 24.9. The minimum absolute atomic E-state index is 0.943. The van der Waals surface area contributed by atoms with Gasteiger partial charge in [0.05, 0.1) is 11.4 Å². The predicted molar refractivity (Wildman–Crippen MR) is 191 cm³/mol. The smallest absolute Gasteiger partial charge is 0.0702 e. The highest BCUT2D eigenvalue weighted by Crippen LogP contribution is 2.43. The van der Waals surface area contributed by atoms with E-state index in [1.165, 1.54) is 49.0 Å².